The van der Waals surface area contributed by atoms with Crippen molar-refractivity contribution in [3.8, 4) is 22.5 Å². The highest BCUT2D eigenvalue weighted by Gasteiger charge is 2.36. The zero-order chi connectivity index (χ0) is 22.9. The Bertz CT molecular complexity index is 1240. The van der Waals surface area contributed by atoms with Crippen LogP contribution in [0.1, 0.15) is 26.2 Å². The van der Waals surface area contributed by atoms with Crippen LogP contribution in [0.2, 0.25) is 0 Å². The predicted octanol–water partition coefficient (Wildman–Crippen LogP) is 3.12. The van der Waals surface area contributed by atoms with Gasteiger partial charge in [-0.25, -0.2) is 9.89 Å². The number of amides is 2. The molecule has 1 aromatic heterocycles. The number of carbonyl (C=O) groups excluding carboxylic acids is 2. The maximum absolute atomic E-state index is 12.5. The molecule has 3 aromatic rings. The van der Waals surface area contributed by atoms with Gasteiger partial charge < -0.3 is 10.2 Å². The molecule has 0 bridgehead atoms. The van der Waals surface area contributed by atoms with Crippen LogP contribution in [0.5, 0.6) is 0 Å². The van der Waals surface area contributed by atoms with Crippen LogP contribution in [0.3, 0.4) is 0 Å². The zero-order valence-corrected chi connectivity index (χ0v) is 18.6. The maximum atomic E-state index is 12.5. The fraction of sp³-hybridized carbons (Fsp3) is 0.360. The SMILES string of the molecule is CC(=O)Nc1cccc(-c2ccc(-c3n[nH]c(=O)n3C[C@@H]3CCN(C(=O)C4CC4)C3)cc2)c1. The van der Waals surface area contributed by atoms with Gasteiger partial charge in [0.2, 0.25) is 11.8 Å². The molecule has 1 atom stereocenters. The van der Waals surface area contributed by atoms with Crippen molar-refractivity contribution in [2.45, 2.75) is 32.7 Å². The lowest BCUT2D eigenvalue weighted by Gasteiger charge is -2.16. The third kappa shape index (κ3) is 4.60. The molecule has 0 radical (unpaired) electrons. The molecule has 1 saturated heterocycles. The summed E-state index contributed by atoms with van der Waals surface area (Å²) in [6, 6.07) is 15.5. The molecule has 0 unspecified atom stereocenters. The summed E-state index contributed by atoms with van der Waals surface area (Å²) >= 11 is 0. The van der Waals surface area contributed by atoms with Gasteiger partial charge in [0.25, 0.3) is 0 Å². The number of hydrogen-bond acceptors (Lipinski definition) is 4. The van der Waals surface area contributed by atoms with E-state index < -0.39 is 0 Å². The molecule has 2 N–H and O–H groups in total. The van der Waals surface area contributed by atoms with Gasteiger partial charge >= 0.3 is 5.69 Å². The minimum atomic E-state index is -0.232. The van der Waals surface area contributed by atoms with Crippen LogP contribution in [0, 0.1) is 11.8 Å². The van der Waals surface area contributed by atoms with Crippen LogP contribution in [0.4, 0.5) is 5.69 Å². The number of aromatic nitrogens is 3. The molecule has 2 amide bonds. The number of rotatable bonds is 6. The van der Waals surface area contributed by atoms with Crippen molar-refractivity contribution in [1.29, 1.82) is 0 Å². The Hall–Kier alpha value is -3.68. The Balaban J connectivity index is 1.32. The van der Waals surface area contributed by atoms with E-state index in [4.69, 9.17) is 0 Å². The van der Waals surface area contributed by atoms with Crippen molar-refractivity contribution < 1.29 is 9.59 Å². The van der Waals surface area contributed by atoms with E-state index in [2.05, 4.69) is 15.5 Å². The summed E-state index contributed by atoms with van der Waals surface area (Å²) in [4.78, 5) is 38.1. The molecule has 170 valence electrons. The number of nitrogens with one attached hydrogen (secondary N) is 2. The van der Waals surface area contributed by atoms with Gasteiger partial charge in [0.1, 0.15) is 0 Å². The fourth-order valence-electron chi connectivity index (χ4n) is 4.53. The van der Waals surface area contributed by atoms with Gasteiger partial charge in [0.05, 0.1) is 0 Å². The van der Waals surface area contributed by atoms with Crippen molar-refractivity contribution in [3.63, 3.8) is 0 Å². The Kier molecular flexibility index (Phi) is 5.58. The largest absolute Gasteiger partial charge is 0.343 e. The lowest BCUT2D eigenvalue weighted by Crippen LogP contribution is -2.31. The second kappa shape index (κ2) is 8.69. The first kappa shape index (κ1) is 21.2. The number of H-pyrrole nitrogens is 1. The van der Waals surface area contributed by atoms with Gasteiger partial charge in [0, 0.05) is 43.7 Å². The number of carbonyl (C=O) groups is 2. The normalized spacial score (nSPS) is 17.8. The summed E-state index contributed by atoms with van der Waals surface area (Å²) in [5.41, 5.74) is 3.35. The Morgan fingerprint density at radius 2 is 1.82 bits per heavy atom. The average molecular weight is 446 g/mol. The van der Waals surface area contributed by atoms with Gasteiger partial charge in [-0.2, -0.15) is 5.10 Å². The monoisotopic (exact) mass is 445 g/mol. The molecular formula is C25H27N5O3. The van der Waals surface area contributed by atoms with E-state index in [1.54, 1.807) is 4.57 Å². The molecule has 5 rings (SSSR count). The van der Waals surface area contributed by atoms with E-state index in [1.165, 1.54) is 6.92 Å². The molecule has 8 nitrogen and oxygen atoms in total. The number of likely N-dealkylation sites (tertiary alicyclic amines) is 1. The molecule has 2 aliphatic rings. The molecule has 1 aliphatic carbocycles. The second-order valence-corrected chi connectivity index (χ2v) is 9.02. The molecular weight excluding hydrogens is 418 g/mol. The van der Waals surface area contributed by atoms with Crippen LogP contribution in [0.15, 0.2) is 53.3 Å². The molecule has 1 aliphatic heterocycles. The standard InChI is InChI=1S/C25H27N5O3/c1-16(31)26-22-4-2-3-21(13-22)18-5-7-19(8-6-18)23-27-28-25(33)30(23)15-17-11-12-29(14-17)24(32)20-9-10-20/h2-8,13,17,20H,9-12,14-15H2,1H3,(H,26,31)(H,28,33)/t17-/m1/s1. The van der Waals surface area contributed by atoms with E-state index in [0.717, 1.165) is 48.2 Å². The van der Waals surface area contributed by atoms with Gasteiger partial charge in [-0.1, -0.05) is 36.4 Å². The van der Waals surface area contributed by atoms with Crippen molar-refractivity contribution >= 4 is 17.5 Å². The van der Waals surface area contributed by atoms with Crippen LogP contribution >= 0.6 is 0 Å². The first-order valence-corrected chi connectivity index (χ1v) is 11.4. The topological polar surface area (TPSA) is 100 Å². The lowest BCUT2D eigenvalue weighted by atomic mass is 10.0. The Morgan fingerprint density at radius 3 is 2.55 bits per heavy atom. The zero-order valence-electron chi connectivity index (χ0n) is 18.6. The highest BCUT2D eigenvalue weighted by molar-refractivity contribution is 5.89. The summed E-state index contributed by atoms with van der Waals surface area (Å²) in [6.45, 7) is 3.50. The summed E-state index contributed by atoms with van der Waals surface area (Å²) in [6.07, 6.45) is 2.93. The smallest absolute Gasteiger partial charge is 0.342 e. The second-order valence-electron chi connectivity index (χ2n) is 9.02. The summed E-state index contributed by atoms with van der Waals surface area (Å²) < 4.78 is 1.68. The molecule has 2 fully saturated rings. The Morgan fingerprint density at radius 1 is 1.06 bits per heavy atom. The van der Waals surface area contributed by atoms with E-state index in [-0.39, 0.29) is 29.3 Å². The van der Waals surface area contributed by atoms with E-state index in [1.807, 2.05) is 53.4 Å². The summed E-state index contributed by atoms with van der Waals surface area (Å²) in [7, 11) is 0. The van der Waals surface area contributed by atoms with Crippen molar-refractivity contribution in [3.05, 3.63) is 59.0 Å². The Labute approximate surface area is 191 Å². The highest BCUT2D eigenvalue weighted by Crippen LogP contribution is 2.33. The molecule has 0 spiro atoms. The number of hydrogen-bond donors (Lipinski definition) is 2. The molecule has 33 heavy (non-hydrogen) atoms. The van der Waals surface area contributed by atoms with E-state index >= 15 is 0 Å². The van der Waals surface area contributed by atoms with Crippen LogP contribution in [0.25, 0.3) is 22.5 Å². The van der Waals surface area contributed by atoms with Gasteiger partial charge in [-0.05, 0) is 48.4 Å². The van der Waals surface area contributed by atoms with Crippen molar-refractivity contribution in [2.24, 2.45) is 11.8 Å². The number of anilines is 1. The minimum Gasteiger partial charge on any atom is -0.342 e. The molecule has 2 aromatic carbocycles. The van der Waals surface area contributed by atoms with Crippen LogP contribution in [-0.2, 0) is 16.1 Å². The number of aromatic amines is 1. The average Bonchev–Trinajstić information content (AvgIpc) is 3.45. The lowest BCUT2D eigenvalue weighted by molar-refractivity contribution is -0.131. The molecule has 2 heterocycles. The molecule has 1 saturated carbocycles. The molecule has 8 heteroatoms. The maximum Gasteiger partial charge on any atom is 0.343 e. The predicted molar refractivity (Wildman–Crippen MR) is 125 cm³/mol. The first-order chi connectivity index (χ1) is 16.0. The quantitative estimate of drug-likeness (QED) is 0.609. The fourth-order valence-corrected chi connectivity index (χ4v) is 4.53. The van der Waals surface area contributed by atoms with Crippen molar-refractivity contribution in [1.82, 2.24) is 19.7 Å². The van der Waals surface area contributed by atoms with Crippen molar-refractivity contribution in [2.75, 3.05) is 18.4 Å². The number of benzene rings is 2. The summed E-state index contributed by atoms with van der Waals surface area (Å²) in [5.74, 6) is 1.24. The highest BCUT2D eigenvalue weighted by atomic mass is 16.2. The first-order valence-electron chi connectivity index (χ1n) is 11.4. The van der Waals surface area contributed by atoms with E-state index in [0.29, 0.717) is 18.9 Å². The number of nitrogens with zero attached hydrogens (tertiary/aromatic N) is 3. The third-order valence-electron chi connectivity index (χ3n) is 6.38. The van der Waals surface area contributed by atoms with Crippen LogP contribution < -0.4 is 11.0 Å². The summed E-state index contributed by atoms with van der Waals surface area (Å²) in [5, 5.41) is 9.65. The minimum absolute atomic E-state index is 0.110. The van der Waals surface area contributed by atoms with Crippen LogP contribution in [-0.4, -0.2) is 44.6 Å². The van der Waals surface area contributed by atoms with E-state index in [9.17, 15) is 14.4 Å². The third-order valence-corrected chi connectivity index (χ3v) is 6.38. The van der Waals surface area contributed by atoms with Gasteiger partial charge in [-0.3, -0.25) is 14.2 Å². The van der Waals surface area contributed by atoms with Gasteiger partial charge in [-0.15, -0.1) is 0 Å². The van der Waals surface area contributed by atoms with Gasteiger partial charge in [0.15, 0.2) is 5.82 Å².